The second-order valence-corrected chi connectivity index (χ2v) is 6.39. The zero-order valence-electron chi connectivity index (χ0n) is 14.4. The number of likely N-dealkylation sites (tertiary alicyclic amines) is 1. The highest BCUT2D eigenvalue weighted by molar-refractivity contribution is 5.82. The van der Waals surface area contributed by atoms with E-state index in [-0.39, 0.29) is 18.1 Å². The van der Waals surface area contributed by atoms with E-state index in [9.17, 15) is 4.79 Å². The molecule has 0 radical (unpaired) electrons. The Morgan fingerprint density at radius 3 is 2.96 bits per heavy atom. The number of pyridine rings is 1. The highest BCUT2D eigenvalue weighted by Gasteiger charge is 2.34. The molecule has 0 aromatic carbocycles. The topological polar surface area (TPSA) is 66.9 Å². The molecule has 0 aliphatic carbocycles. The monoisotopic (exact) mass is 334 g/mol. The fourth-order valence-corrected chi connectivity index (χ4v) is 3.27. The first-order chi connectivity index (χ1) is 11.7. The molecule has 1 aromatic heterocycles. The van der Waals surface area contributed by atoms with Crippen LogP contribution >= 0.6 is 0 Å². The Labute approximate surface area is 142 Å². The van der Waals surface area contributed by atoms with Gasteiger partial charge in [-0.1, -0.05) is 0 Å². The fraction of sp³-hybridized carbons (Fsp3) is 0.647. The number of hydrogen-bond acceptors (Lipinski definition) is 6. The predicted molar refractivity (Wildman–Crippen MR) is 90.9 cm³/mol. The van der Waals surface area contributed by atoms with E-state index < -0.39 is 0 Å². The molecule has 2 aliphatic heterocycles. The van der Waals surface area contributed by atoms with Gasteiger partial charge in [0.05, 0.1) is 25.4 Å². The van der Waals surface area contributed by atoms with Crippen molar-refractivity contribution in [2.75, 3.05) is 51.9 Å². The number of nitrogens with zero attached hydrogens (tertiary/aromatic N) is 3. The number of ether oxygens (including phenoxy) is 2. The quantitative estimate of drug-likeness (QED) is 0.833. The van der Waals surface area contributed by atoms with Crippen LogP contribution in [0.5, 0.6) is 0 Å². The molecule has 0 spiro atoms. The van der Waals surface area contributed by atoms with E-state index in [4.69, 9.17) is 9.47 Å². The van der Waals surface area contributed by atoms with Gasteiger partial charge in [0.15, 0.2) is 0 Å². The smallest absolute Gasteiger partial charge is 0.237 e. The molecule has 24 heavy (non-hydrogen) atoms. The van der Waals surface area contributed by atoms with Crippen LogP contribution in [0.2, 0.25) is 0 Å². The van der Waals surface area contributed by atoms with Crippen molar-refractivity contribution in [1.82, 2.24) is 15.2 Å². The van der Waals surface area contributed by atoms with E-state index in [1.165, 1.54) is 0 Å². The number of aromatic nitrogens is 1. The zero-order valence-corrected chi connectivity index (χ0v) is 14.4. The van der Waals surface area contributed by atoms with E-state index in [0.717, 1.165) is 50.7 Å². The van der Waals surface area contributed by atoms with E-state index in [2.05, 4.69) is 20.1 Å². The minimum Gasteiger partial charge on any atom is -0.380 e. The standard InChI is InChI=1S/C17H26N4O3/c1-20-12-14(23-2)10-15(20)17(22)19-11-13-3-4-18-16(9-13)21-5-7-24-8-6-21/h3-4,9,14-15H,5-8,10-12H2,1-2H3,(H,19,22)/t14-,15-/m0/s1. The van der Waals surface area contributed by atoms with Gasteiger partial charge in [-0.15, -0.1) is 0 Å². The Balaban J connectivity index is 1.55. The summed E-state index contributed by atoms with van der Waals surface area (Å²) in [7, 11) is 3.66. The van der Waals surface area contributed by atoms with Crippen LogP contribution in [0.25, 0.3) is 0 Å². The summed E-state index contributed by atoms with van der Waals surface area (Å²) in [6.07, 6.45) is 2.68. The maximum absolute atomic E-state index is 12.4. The molecule has 0 bridgehead atoms. The molecule has 132 valence electrons. The normalized spacial score (nSPS) is 25.0. The third kappa shape index (κ3) is 4.03. The largest absolute Gasteiger partial charge is 0.380 e. The molecule has 2 fully saturated rings. The second-order valence-electron chi connectivity index (χ2n) is 6.39. The van der Waals surface area contributed by atoms with Gasteiger partial charge in [0.2, 0.25) is 5.91 Å². The van der Waals surface area contributed by atoms with Crippen LogP contribution in [0.3, 0.4) is 0 Å². The van der Waals surface area contributed by atoms with Crippen LogP contribution in [0.1, 0.15) is 12.0 Å². The summed E-state index contributed by atoms with van der Waals surface area (Å²) in [4.78, 5) is 21.1. The predicted octanol–water partition coefficient (Wildman–Crippen LogP) is 0.254. The second kappa shape index (κ2) is 7.92. The van der Waals surface area contributed by atoms with Crippen molar-refractivity contribution < 1.29 is 14.3 Å². The lowest BCUT2D eigenvalue weighted by Crippen LogP contribution is -2.41. The molecule has 3 rings (SSSR count). The maximum Gasteiger partial charge on any atom is 0.237 e. The van der Waals surface area contributed by atoms with E-state index in [1.54, 1.807) is 13.3 Å². The van der Waals surface area contributed by atoms with Gasteiger partial charge >= 0.3 is 0 Å². The Bertz CT molecular complexity index is 563. The van der Waals surface area contributed by atoms with Crippen molar-refractivity contribution in [1.29, 1.82) is 0 Å². The number of likely N-dealkylation sites (N-methyl/N-ethyl adjacent to an activating group) is 1. The van der Waals surface area contributed by atoms with Gasteiger partial charge in [-0.2, -0.15) is 0 Å². The minimum atomic E-state index is -0.115. The number of methoxy groups -OCH3 is 1. The highest BCUT2D eigenvalue weighted by Crippen LogP contribution is 2.18. The fourth-order valence-electron chi connectivity index (χ4n) is 3.27. The number of carbonyl (C=O) groups is 1. The Morgan fingerprint density at radius 1 is 1.46 bits per heavy atom. The molecule has 2 atom stereocenters. The summed E-state index contributed by atoms with van der Waals surface area (Å²) < 4.78 is 10.7. The molecule has 2 aliphatic rings. The highest BCUT2D eigenvalue weighted by atomic mass is 16.5. The van der Waals surface area contributed by atoms with Gasteiger partial charge in [-0.25, -0.2) is 4.98 Å². The number of nitrogens with one attached hydrogen (secondary N) is 1. The molecule has 0 saturated carbocycles. The first-order valence-electron chi connectivity index (χ1n) is 8.45. The lowest BCUT2D eigenvalue weighted by Gasteiger charge is -2.28. The average molecular weight is 334 g/mol. The average Bonchev–Trinajstić information content (AvgIpc) is 3.02. The molecule has 7 heteroatoms. The van der Waals surface area contributed by atoms with Crippen molar-refractivity contribution in [3.8, 4) is 0 Å². The molecule has 1 N–H and O–H groups in total. The SMILES string of the molecule is CO[C@H]1C[C@@H](C(=O)NCc2ccnc(N3CCOCC3)c2)N(C)C1. The van der Waals surface area contributed by atoms with Crippen LogP contribution in [-0.2, 0) is 20.8 Å². The van der Waals surface area contributed by atoms with Crippen molar-refractivity contribution in [2.24, 2.45) is 0 Å². The Morgan fingerprint density at radius 2 is 2.25 bits per heavy atom. The maximum atomic E-state index is 12.4. The molecule has 1 amide bonds. The van der Waals surface area contributed by atoms with Crippen LogP contribution in [-0.4, -0.2) is 74.9 Å². The summed E-state index contributed by atoms with van der Waals surface area (Å²) in [6, 6.07) is 3.87. The Hall–Kier alpha value is -1.70. The van der Waals surface area contributed by atoms with E-state index in [0.29, 0.717) is 6.54 Å². The summed E-state index contributed by atoms with van der Waals surface area (Å²) in [6.45, 7) is 4.49. The van der Waals surface area contributed by atoms with Gasteiger partial charge in [0.25, 0.3) is 0 Å². The van der Waals surface area contributed by atoms with Crippen molar-refractivity contribution in [3.05, 3.63) is 23.9 Å². The summed E-state index contributed by atoms with van der Waals surface area (Å²) in [5.41, 5.74) is 1.06. The van der Waals surface area contributed by atoms with Crippen molar-refractivity contribution in [2.45, 2.75) is 25.1 Å². The first-order valence-corrected chi connectivity index (χ1v) is 8.45. The van der Waals surface area contributed by atoms with Gasteiger partial charge in [0.1, 0.15) is 5.82 Å². The number of hydrogen-bond donors (Lipinski definition) is 1. The molecule has 3 heterocycles. The number of carbonyl (C=O) groups excluding carboxylic acids is 1. The summed E-state index contributed by atoms with van der Waals surface area (Å²) in [5, 5.41) is 3.04. The van der Waals surface area contributed by atoms with Crippen LogP contribution < -0.4 is 10.2 Å². The van der Waals surface area contributed by atoms with Crippen LogP contribution in [0.15, 0.2) is 18.3 Å². The number of morpholine rings is 1. The number of rotatable bonds is 5. The molecule has 7 nitrogen and oxygen atoms in total. The lowest BCUT2D eigenvalue weighted by molar-refractivity contribution is -0.125. The van der Waals surface area contributed by atoms with Gasteiger partial charge in [-0.3, -0.25) is 9.69 Å². The third-order valence-corrected chi connectivity index (χ3v) is 4.76. The van der Waals surface area contributed by atoms with Crippen molar-refractivity contribution >= 4 is 11.7 Å². The molecule has 0 unspecified atom stereocenters. The molecular formula is C17H26N4O3. The van der Waals surface area contributed by atoms with Gasteiger partial charge in [0, 0.05) is 39.5 Å². The van der Waals surface area contributed by atoms with Crippen molar-refractivity contribution in [3.63, 3.8) is 0 Å². The molecular weight excluding hydrogens is 308 g/mol. The zero-order chi connectivity index (χ0) is 16.9. The van der Waals surface area contributed by atoms with Gasteiger partial charge < -0.3 is 19.7 Å². The Kier molecular flexibility index (Phi) is 5.65. The first kappa shape index (κ1) is 17.1. The molecule has 1 aromatic rings. The van der Waals surface area contributed by atoms with E-state index in [1.807, 2.05) is 19.2 Å². The minimum absolute atomic E-state index is 0.0572. The lowest BCUT2D eigenvalue weighted by atomic mass is 10.1. The molecule has 2 saturated heterocycles. The summed E-state index contributed by atoms with van der Waals surface area (Å²) >= 11 is 0. The van der Waals surface area contributed by atoms with Gasteiger partial charge in [-0.05, 0) is 31.2 Å². The van der Waals surface area contributed by atoms with Crippen LogP contribution in [0.4, 0.5) is 5.82 Å². The van der Waals surface area contributed by atoms with E-state index >= 15 is 0 Å². The summed E-state index contributed by atoms with van der Waals surface area (Å²) in [5.74, 6) is 1.00. The number of anilines is 1. The number of amides is 1. The van der Waals surface area contributed by atoms with Crippen LogP contribution in [0, 0.1) is 0 Å². The third-order valence-electron chi connectivity index (χ3n) is 4.76.